The molecule has 2 aliphatic rings. The van der Waals surface area contributed by atoms with Gasteiger partial charge in [-0.25, -0.2) is 0 Å². The molecule has 0 aromatic heterocycles. The molecule has 3 N–H and O–H groups in total. The molecule has 0 spiro atoms. The van der Waals surface area contributed by atoms with E-state index in [2.05, 4.69) is 5.32 Å². The van der Waals surface area contributed by atoms with Crippen LogP contribution in [0, 0.1) is 5.92 Å². The lowest BCUT2D eigenvalue weighted by Crippen LogP contribution is -2.32. The Kier molecular flexibility index (Phi) is 3.76. The van der Waals surface area contributed by atoms with Crippen molar-refractivity contribution in [1.29, 1.82) is 0 Å². The number of carbonyl (C=O) groups is 1. The van der Waals surface area contributed by atoms with Crippen LogP contribution in [0.5, 0.6) is 0 Å². The molecule has 2 atom stereocenters. The maximum atomic E-state index is 12.3. The van der Waals surface area contributed by atoms with Crippen LogP contribution >= 0.6 is 0 Å². The Labute approximate surface area is 125 Å². The quantitative estimate of drug-likeness (QED) is 0.831. The van der Waals surface area contributed by atoms with Crippen molar-refractivity contribution >= 4 is 17.3 Å². The average molecular weight is 289 g/mol. The van der Waals surface area contributed by atoms with Crippen LogP contribution in [-0.4, -0.2) is 43.7 Å². The molecule has 1 saturated carbocycles. The zero-order valence-corrected chi connectivity index (χ0v) is 12.6. The maximum absolute atomic E-state index is 12.3. The minimum Gasteiger partial charge on any atom is -0.399 e. The largest absolute Gasteiger partial charge is 0.399 e. The van der Waals surface area contributed by atoms with Crippen LogP contribution in [0.15, 0.2) is 18.2 Å². The number of anilines is 2. The molecule has 0 radical (unpaired) electrons. The van der Waals surface area contributed by atoms with Crippen molar-refractivity contribution in [1.82, 2.24) is 4.90 Å². The Morgan fingerprint density at radius 1 is 1.33 bits per heavy atom. The molecule has 2 fully saturated rings. The molecule has 1 aliphatic carbocycles. The second-order valence-corrected chi connectivity index (χ2v) is 6.22. The molecule has 1 aromatic carbocycles. The Morgan fingerprint density at radius 2 is 2.10 bits per heavy atom. The molecule has 1 aliphatic heterocycles. The standard InChI is InChI=1S/C16H23N3O2/c1-19(2)16(20)12-6-5-11(17)9-14(12)18-13-7-8-21-15(13)10-3-4-10/h5-6,9-10,13,15,18H,3-4,7-8,17H2,1-2H3. The van der Waals surface area contributed by atoms with Gasteiger partial charge in [-0.1, -0.05) is 0 Å². The highest BCUT2D eigenvalue weighted by Gasteiger charge is 2.40. The molecule has 2 unspecified atom stereocenters. The van der Waals surface area contributed by atoms with Crippen LogP contribution in [0.4, 0.5) is 11.4 Å². The summed E-state index contributed by atoms with van der Waals surface area (Å²) in [6.07, 6.45) is 3.76. The molecule has 5 heteroatoms. The summed E-state index contributed by atoms with van der Waals surface area (Å²) in [6, 6.07) is 5.68. The van der Waals surface area contributed by atoms with Crippen LogP contribution in [0.25, 0.3) is 0 Å². The highest BCUT2D eigenvalue weighted by atomic mass is 16.5. The molecule has 21 heavy (non-hydrogen) atoms. The minimum atomic E-state index is -0.0145. The van der Waals surface area contributed by atoms with E-state index in [9.17, 15) is 4.79 Å². The Morgan fingerprint density at radius 3 is 2.76 bits per heavy atom. The van der Waals surface area contributed by atoms with E-state index in [1.165, 1.54) is 12.8 Å². The number of hydrogen-bond acceptors (Lipinski definition) is 4. The summed E-state index contributed by atoms with van der Waals surface area (Å²) in [5.41, 5.74) is 8.03. The van der Waals surface area contributed by atoms with E-state index in [1.54, 1.807) is 31.1 Å². The number of amides is 1. The number of rotatable bonds is 4. The fourth-order valence-corrected chi connectivity index (χ4v) is 2.96. The smallest absolute Gasteiger partial charge is 0.255 e. The second kappa shape index (κ2) is 5.56. The van der Waals surface area contributed by atoms with E-state index < -0.39 is 0 Å². The third kappa shape index (κ3) is 2.97. The predicted octanol–water partition coefficient (Wildman–Crippen LogP) is 1.95. The van der Waals surface area contributed by atoms with Crippen molar-refractivity contribution < 1.29 is 9.53 Å². The predicted molar refractivity (Wildman–Crippen MR) is 83.4 cm³/mol. The summed E-state index contributed by atoms with van der Waals surface area (Å²) in [7, 11) is 3.52. The molecule has 3 rings (SSSR count). The molecule has 0 bridgehead atoms. The van der Waals surface area contributed by atoms with Crippen molar-refractivity contribution in [2.45, 2.75) is 31.4 Å². The first-order valence-electron chi connectivity index (χ1n) is 7.55. The van der Waals surface area contributed by atoms with Gasteiger partial charge in [0.2, 0.25) is 0 Å². The van der Waals surface area contributed by atoms with Gasteiger partial charge < -0.3 is 20.7 Å². The first kappa shape index (κ1) is 14.2. The van der Waals surface area contributed by atoms with Crippen LogP contribution in [0.2, 0.25) is 0 Å². The Balaban J connectivity index is 1.83. The number of nitrogens with two attached hydrogens (primary N) is 1. The first-order chi connectivity index (χ1) is 10.1. The van der Waals surface area contributed by atoms with Gasteiger partial charge in [0, 0.05) is 32.1 Å². The maximum Gasteiger partial charge on any atom is 0.255 e. The summed E-state index contributed by atoms with van der Waals surface area (Å²) in [6.45, 7) is 0.790. The van der Waals surface area contributed by atoms with E-state index in [1.807, 2.05) is 6.07 Å². The van der Waals surface area contributed by atoms with Crippen LogP contribution in [0.1, 0.15) is 29.6 Å². The summed E-state index contributed by atoms with van der Waals surface area (Å²) < 4.78 is 5.85. The van der Waals surface area contributed by atoms with Crippen LogP contribution in [-0.2, 0) is 4.74 Å². The highest BCUT2D eigenvalue weighted by molar-refractivity contribution is 6.00. The Bertz CT molecular complexity index is 540. The number of ether oxygens (including phenoxy) is 1. The van der Waals surface area contributed by atoms with Crippen molar-refractivity contribution in [3.63, 3.8) is 0 Å². The second-order valence-electron chi connectivity index (χ2n) is 6.22. The highest BCUT2D eigenvalue weighted by Crippen LogP contribution is 2.40. The fourth-order valence-electron chi connectivity index (χ4n) is 2.96. The summed E-state index contributed by atoms with van der Waals surface area (Å²) in [5.74, 6) is 0.665. The number of hydrogen-bond donors (Lipinski definition) is 2. The van der Waals surface area contributed by atoms with Gasteiger partial charge in [-0.2, -0.15) is 0 Å². The number of carbonyl (C=O) groups excluding carboxylic acids is 1. The number of nitrogen functional groups attached to an aromatic ring is 1. The lowest BCUT2D eigenvalue weighted by molar-refractivity contribution is 0.0826. The molecular weight excluding hydrogens is 266 g/mol. The molecule has 1 heterocycles. The number of nitrogens with zero attached hydrogens (tertiary/aromatic N) is 1. The van der Waals surface area contributed by atoms with Crippen LogP contribution in [0.3, 0.4) is 0 Å². The van der Waals surface area contributed by atoms with E-state index in [0.29, 0.717) is 17.2 Å². The van der Waals surface area contributed by atoms with Crippen molar-refractivity contribution in [3.05, 3.63) is 23.8 Å². The molecule has 1 amide bonds. The first-order valence-corrected chi connectivity index (χ1v) is 7.55. The third-order valence-electron chi connectivity index (χ3n) is 4.24. The lowest BCUT2D eigenvalue weighted by Gasteiger charge is -2.23. The number of benzene rings is 1. The van der Waals surface area contributed by atoms with Gasteiger partial charge in [-0.15, -0.1) is 0 Å². The number of nitrogens with one attached hydrogen (secondary N) is 1. The summed E-state index contributed by atoms with van der Waals surface area (Å²) in [5, 5.41) is 3.50. The van der Waals surface area contributed by atoms with Gasteiger partial charge in [0.15, 0.2) is 0 Å². The van der Waals surface area contributed by atoms with Crippen LogP contribution < -0.4 is 11.1 Å². The van der Waals surface area contributed by atoms with Crippen molar-refractivity contribution in [2.75, 3.05) is 31.8 Å². The van der Waals surface area contributed by atoms with Gasteiger partial charge in [0.25, 0.3) is 5.91 Å². The van der Waals surface area contributed by atoms with E-state index >= 15 is 0 Å². The topological polar surface area (TPSA) is 67.6 Å². The third-order valence-corrected chi connectivity index (χ3v) is 4.24. The normalized spacial score (nSPS) is 24.9. The molecular formula is C16H23N3O2. The molecule has 114 valence electrons. The summed E-state index contributed by atoms with van der Waals surface area (Å²) >= 11 is 0. The van der Waals surface area contributed by atoms with Crippen molar-refractivity contribution in [2.24, 2.45) is 5.92 Å². The van der Waals surface area contributed by atoms with Gasteiger partial charge >= 0.3 is 0 Å². The monoisotopic (exact) mass is 289 g/mol. The minimum absolute atomic E-state index is 0.0145. The van der Waals surface area contributed by atoms with Gasteiger partial charge in [0.05, 0.1) is 17.7 Å². The SMILES string of the molecule is CN(C)C(=O)c1ccc(N)cc1NC1CCOC1C1CC1. The van der Waals surface area contributed by atoms with Crippen molar-refractivity contribution in [3.8, 4) is 0 Å². The van der Waals surface area contributed by atoms with Gasteiger partial charge in [0.1, 0.15) is 0 Å². The summed E-state index contributed by atoms with van der Waals surface area (Å²) in [4.78, 5) is 13.9. The Hall–Kier alpha value is -1.75. The molecule has 1 aromatic rings. The van der Waals surface area contributed by atoms with E-state index in [-0.39, 0.29) is 18.1 Å². The van der Waals surface area contributed by atoms with Gasteiger partial charge in [-0.05, 0) is 43.4 Å². The fraction of sp³-hybridized carbons (Fsp3) is 0.562. The molecule has 5 nitrogen and oxygen atoms in total. The average Bonchev–Trinajstić information content (AvgIpc) is 3.19. The van der Waals surface area contributed by atoms with E-state index in [0.717, 1.165) is 18.7 Å². The lowest BCUT2D eigenvalue weighted by atomic mass is 10.0. The zero-order valence-electron chi connectivity index (χ0n) is 12.6. The van der Waals surface area contributed by atoms with Gasteiger partial charge in [-0.3, -0.25) is 4.79 Å². The zero-order chi connectivity index (χ0) is 15.0. The van der Waals surface area contributed by atoms with E-state index in [4.69, 9.17) is 10.5 Å². The molecule has 1 saturated heterocycles.